The Kier molecular flexibility index (Phi) is 5.39. The van der Waals surface area contributed by atoms with E-state index in [1.54, 1.807) is 27.8 Å². The molecule has 1 unspecified atom stereocenters. The molecule has 0 saturated heterocycles. The van der Waals surface area contributed by atoms with Crippen LogP contribution in [0.2, 0.25) is 10.0 Å². The molecule has 0 aliphatic carbocycles. The number of urea groups is 1. The molecule has 1 atom stereocenters. The van der Waals surface area contributed by atoms with E-state index in [4.69, 9.17) is 28.0 Å². The van der Waals surface area contributed by atoms with E-state index >= 15 is 0 Å². The van der Waals surface area contributed by atoms with Gasteiger partial charge in [0, 0.05) is 31.3 Å². The van der Waals surface area contributed by atoms with Crippen LogP contribution >= 0.6 is 23.2 Å². The molecule has 154 valence electrons. The average Bonchev–Trinajstić information content (AvgIpc) is 3.00. The first-order valence-electron chi connectivity index (χ1n) is 9.02. The van der Waals surface area contributed by atoms with E-state index in [0.717, 1.165) is 10.8 Å². The van der Waals surface area contributed by atoms with Crippen molar-refractivity contribution in [3.63, 3.8) is 0 Å². The number of halogens is 2. The van der Waals surface area contributed by atoms with Gasteiger partial charge in [-0.2, -0.15) is 5.10 Å². The molecule has 0 radical (unpaired) electrons. The van der Waals surface area contributed by atoms with Crippen molar-refractivity contribution < 1.29 is 19.5 Å². The van der Waals surface area contributed by atoms with E-state index in [-0.39, 0.29) is 31.6 Å². The van der Waals surface area contributed by atoms with Crippen LogP contribution in [-0.2, 0) is 24.3 Å². The number of fused-ring (bicyclic) bond motifs is 3. The van der Waals surface area contributed by atoms with Crippen molar-refractivity contribution in [3.8, 4) is 0 Å². The van der Waals surface area contributed by atoms with E-state index in [1.165, 1.54) is 7.05 Å². The molecule has 9 nitrogen and oxygen atoms in total. The lowest BCUT2D eigenvalue weighted by Crippen LogP contribution is -2.39. The number of aromatic nitrogens is 2. The molecule has 11 heteroatoms. The Morgan fingerprint density at radius 2 is 2.17 bits per heavy atom. The Hall–Kier alpha value is -2.33. The number of hydrogen-bond acceptors (Lipinski definition) is 5. The van der Waals surface area contributed by atoms with Gasteiger partial charge in [0.15, 0.2) is 0 Å². The maximum atomic E-state index is 12.8. The molecular weight excluding hydrogens is 421 g/mol. The van der Waals surface area contributed by atoms with Crippen LogP contribution in [0.15, 0.2) is 18.2 Å². The fourth-order valence-corrected chi connectivity index (χ4v) is 3.78. The number of aliphatic hydroxyl groups is 1. The SMILES string of the molecule is CN1OC(CO)Cn2nc3c(c2C1=O)CN(C(=O)Nc1ccc(Cl)c(Cl)c1)CC3. The summed E-state index contributed by atoms with van der Waals surface area (Å²) in [7, 11) is 1.50. The van der Waals surface area contributed by atoms with Crippen molar-refractivity contribution >= 4 is 40.8 Å². The van der Waals surface area contributed by atoms with Gasteiger partial charge in [-0.25, -0.2) is 9.86 Å². The molecule has 29 heavy (non-hydrogen) atoms. The normalized spacial score (nSPS) is 18.9. The number of benzene rings is 1. The minimum Gasteiger partial charge on any atom is -0.393 e. The van der Waals surface area contributed by atoms with Gasteiger partial charge < -0.3 is 15.3 Å². The largest absolute Gasteiger partial charge is 0.393 e. The van der Waals surface area contributed by atoms with Gasteiger partial charge in [-0.15, -0.1) is 0 Å². The highest BCUT2D eigenvalue weighted by Crippen LogP contribution is 2.28. The zero-order chi connectivity index (χ0) is 20.7. The van der Waals surface area contributed by atoms with Crippen LogP contribution < -0.4 is 5.32 Å². The second-order valence-electron chi connectivity index (χ2n) is 6.90. The van der Waals surface area contributed by atoms with Crippen molar-refractivity contribution in [3.05, 3.63) is 45.2 Å². The van der Waals surface area contributed by atoms with Crippen LogP contribution in [0.4, 0.5) is 10.5 Å². The number of nitrogens with zero attached hydrogens (tertiary/aromatic N) is 4. The van der Waals surface area contributed by atoms with Gasteiger partial charge in [-0.05, 0) is 18.2 Å². The molecular formula is C18H19Cl2N5O4. The summed E-state index contributed by atoms with van der Waals surface area (Å²) in [6.45, 7) is 0.714. The maximum absolute atomic E-state index is 12.8. The van der Waals surface area contributed by atoms with Gasteiger partial charge in [0.25, 0.3) is 5.91 Å². The lowest BCUT2D eigenvalue weighted by Gasteiger charge is -2.27. The fraction of sp³-hybridized carbons (Fsp3) is 0.389. The molecule has 0 bridgehead atoms. The summed E-state index contributed by atoms with van der Waals surface area (Å²) in [4.78, 5) is 32.6. The second kappa shape index (κ2) is 7.83. The zero-order valence-electron chi connectivity index (χ0n) is 15.6. The van der Waals surface area contributed by atoms with Gasteiger partial charge in [0.2, 0.25) is 0 Å². The number of hydrogen-bond donors (Lipinski definition) is 2. The first kappa shape index (κ1) is 20.0. The predicted molar refractivity (Wildman–Crippen MR) is 106 cm³/mol. The lowest BCUT2D eigenvalue weighted by molar-refractivity contribution is -0.159. The minimum absolute atomic E-state index is 0.236. The van der Waals surface area contributed by atoms with Gasteiger partial charge in [0.05, 0.1) is 35.4 Å². The van der Waals surface area contributed by atoms with Crippen molar-refractivity contribution in [1.82, 2.24) is 19.7 Å². The number of carbonyl (C=O) groups excluding carboxylic acids is 2. The number of aliphatic hydroxyl groups excluding tert-OH is 1. The molecule has 2 N–H and O–H groups in total. The first-order chi connectivity index (χ1) is 13.9. The highest BCUT2D eigenvalue weighted by Gasteiger charge is 2.35. The highest BCUT2D eigenvalue weighted by atomic mass is 35.5. The summed E-state index contributed by atoms with van der Waals surface area (Å²) in [6.07, 6.45) is -0.0493. The molecule has 1 aromatic heterocycles. The molecule has 4 rings (SSSR count). The zero-order valence-corrected chi connectivity index (χ0v) is 17.1. The maximum Gasteiger partial charge on any atom is 0.322 e. The van der Waals surface area contributed by atoms with Crippen LogP contribution in [0.1, 0.15) is 21.7 Å². The molecule has 0 fully saturated rings. The van der Waals surface area contributed by atoms with Gasteiger partial charge >= 0.3 is 6.03 Å². The number of anilines is 1. The molecule has 2 aromatic rings. The first-order valence-corrected chi connectivity index (χ1v) is 9.78. The van der Waals surface area contributed by atoms with E-state index in [1.807, 2.05) is 0 Å². The molecule has 3 heterocycles. The monoisotopic (exact) mass is 439 g/mol. The van der Waals surface area contributed by atoms with Crippen LogP contribution in [0.3, 0.4) is 0 Å². The third-order valence-corrected chi connectivity index (χ3v) is 5.67. The smallest absolute Gasteiger partial charge is 0.322 e. The summed E-state index contributed by atoms with van der Waals surface area (Å²) in [6, 6.07) is 4.54. The van der Waals surface area contributed by atoms with Crippen LogP contribution in [0.5, 0.6) is 0 Å². The van der Waals surface area contributed by atoms with E-state index < -0.39 is 6.10 Å². The summed E-state index contributed by atoms with van der Waals surface area (Å²) in [5.41, 5.74) is 2.38. The minimum atomic E-state index is -0.569. The number of rotatable bonds is 2. The van der Waals surface area contributed by atoms with Crippen LogP contribution in [0, 0.1) is 0 Å². The van der Waals surface area contributed by atoms with Gasteiger partial charge in [-0.1, -0.05) is 23.2 Å². The van der Waals surface area contributed by atoms with Crippen molar-refractivity contribution in [1.29, 1.82) is 0 Å². The van der Waals surface area contributed by atoms with Crippen LogP contribution in [-0.4, -0.2) is 63.1 Å². The van der Waals surface area contributed by atoms with E-state index in [2.05, 4.69) is 10.4 Å². The Morgan fingerprint density at radius 3 is 2.90 bits per heavy atom. The standard InChI is InChI=1S/C18H19Cl2N5O4/c1-23-17(27)16-12-8-24(18(28)21-10-2-3-13(19)14(20)6-10)5-4-15(12)22-25(16)7-11(9-26)29-23/h2-3,6,11,26H,4-5,7-9H2,1H3,(H,21,28). The van der Waals surface area contributed by atoms with Crippen LogP contribution in [0.25, 0.3) is 0 Å². The predicted octanol–water partition coefficient (Wildman–Crippen LogP) is 2.16. The third-order valence-electron chi connectivity index (χ3n) is 4.94. The molecule has 0 saturated carbocycles. The summed E-state index contributed by atoms with van der Waals surface area (Å²) in [5.74, 6) is -0.360. The van der Waals surface area contributed by atoms with E-state index in [9.17, 15) is 14.7 Å². The highest BCUT2D eigenvalue weighted by molar-refractivity contribution is 6.42. The Morgan fingerprint density at radius 1 is 1.38 bits per heavy atom. The Balaban J connectivity index is 1.57. The van der Waals surface area contributed by atoms with Crippen molar-refractivity contribution in [2.45, 2.75) is 25.6 Å². The second-order valence-corrected chi connectivity index (χ2v) is 7.71. The number of amides is 3. The quantitative estimate of drug-likeness (QED) is 0.746. The summed E-state index contributed by atoms with van der Waals surface area (Å²) in [5, 5.41) is 18.6. The van der Waals surface area contributed by atoms with Gasteiger partial charge in [-0.3, -0.25) is 14.3 Å². The molecule has 0 spiro atoms. The summed E-state index contributed by atoms with van der Waals surface area (Å²) >= 11 is 11.9. The molecule has 3 amide bonds. The van der Waals surface area contributed by atoms with Crippen molar-refractivity contribution in [2.75, 3.05) is 25.5 Å². The lowest BCUT2D eigenvalue weighted by atomic mass is 10.1. The summed E-state index contributed by atoms with van der Waals surface area (Å²) < 4.78 is 1.57. The number of carbonyl (C=O) groups is 2. The number of hydroxylamine groups is 2. The molecule has 2 aliphatic heterocycles. The molecule has 2 aliphatic rings. The average molecular weight is 440 g/mol. The van der Waals surface area contributed by atoms with Crippen molar-refractivity contribution in [2.24, 2.45) is 0 Å². The third kappa shape index (κ3) is 3.78. The topological polar surface area (TPSA) is 99.9 Å². The number of nitrogens with one attached hydrogen (secondary N) is 1. The molecule has 1 aromatic carbocycles. The Labute approximate surface area is 176 Å². The van der Waals surface area contributed by atoms with E-state index in [0.29, 0.717) is 40.0 Å². The fourth-order valence-electron chi connectivity index (χ4n) is 3.49. The van der Waals surface area contributed by atoms with Gasteiger partial charge in [0.1, 0.15) is 11.8 Å². The Bertz CT molecular complexity index is 979.